The van der Waals surface area contributed by atoms with Crippen LogP contribution in [0.25, 0.3) is 0 Å². The van der Waals surface area contributed by atoms with Crippen molar-refractivity contribution in [2.75, 3.05) is 13.1 Å². The van der Waals surface area contributed by atoms with Gasteiger partial charge in [-0.2, -0.15) is 0 Å². The smallest absolute Gasteiger partial charge is 0.130 e. The van der Waals surface area contributed by atoms with Crippen molar-refractivity contribution >= 4 is 6.29 Å². The minimum Gasteiger partial charge on any atom is -0.303 e. The van der Waals surface area contributed by atoms with E-state index in [9.17, 15) is 4.79 Å². The number of likely N-dealkylation sites (tertiary alicyclic amines) is 1. The molecule has 27 heavy (non-hydrogen) atoms. The van der Waals surface area contributed by atoms with Crippen molar-refractivity contribution in [1.29, 1.82) is 0 Å². The predicted molar refractivity (Wildman–Crippen MR) is 110 cm³/mol. The normalized spacial score (nSPS) is 22.9. The molecule has 4 rings (SSSR count). The van der Waals surface area contributed by atoms with Gasteiger partial charge in [-0.05, 0) is 68.5 Å². The lowest BCUT2D eigenvalue weighted by Gasteiger charge is -2.58. The standard InChI is InChI=1S/C19H29N3.C4H8O/c1-14(2)18-20-12-16(13-21-18)15-4-8-22(9-5-15)17-10-19(11-17)6-3-7-19;1-4(2)3-5/h12-15,17H,3-11H2,1-2H3;3-4H,1-2H3. The maximum atomic E-state index is 9.50. The molecule has 3 fully saturated rings. The van der Waals surface area contributed by atoms with Gasteiger partial charge in [-0.15, -0.1) is 0 Å². The Morgan fingerprint density at radius 3 is 2.04 bits per heavy atom. The zero-order chi connectivity index (χ0) is 19.4. The molecule has 2 aliphatic carbocycles. The molecule has 0 bridgehead atoms. The van der Waals surface area contributed by atoms with Gasteiger partial charge in [0.2, 0.25) is 0 Å². The number of hydrogen-bond donors (Lipinski definition) is 0. The van der Waals surface area contributed by atoms with Crippen molar-refractivity contribution in [3.8, 4) is 0 Å². The van der Waals surface area contributed by atoms with Crippen LogP contribution < -0.4 is 0 Å². The fraction of sp³-hybridized carbons (Fsp3) is 0.783. The van der Waals surface area contributed by atoms with Gasteiger partial charge >= 0.3 is 0 Å². The van der Waals surface area contributed by atoms with E-state index >= 15 is 0 Å². The van der Waals surface area contributed by atoms with Crippen molar-refractivity contribution in [3.05, 3.63) is 23.8 Å². The summed E-state index contributed by atoms with van der Waals surface area (Å²) in [5.74, 6) is 2.28. The lowest BCUT2D eigenvalue weighted by Crippen LogP contribution is -2.55. The molecular formula is C23H37N3O. The van der Waals surface area contributed by atoms with E-state index in [2.05, 4.69) is 41.1 Å². The first-order valence-electron chi connectivity index (χ1n) is 10.9. The molecule has 0 atom stereocenters. The van der Waals surface area contributed by atoms with Crippen molar-refractivity contribution in [1.82, 2.24) is 14.9 Å². The molecule has 0 amide bonds. The van der Waals surface area contributed by atoms with Crippen LogP contribution in [0.4, 0.5) is 0 Å². The van der Waals surface area contributed by atoms with Crippen LogP contribution in [0.2, 0.25) is 0 Å². The molecule has 1 saturated heterocycles. The van der Waals surface area contributed by atoms with E-state index in [0.717, 1.165) is 23.6 Å². The quantitative estimate of drug-likeness (QED) is 0.702. The third-order valence-corrected chi connectivity index (χ3v) is 6.75. The monoisotopic (exact) mass is 371 g/mol. The van der Waals surface area contributed by atoms with E-state index < -0.39 is 0 Å². The largest absolute Gasteiger partial charge is 0.303 e. The van der Waals surface area contributed by atoms with E-state index in [0.29, 0.717) is 11.8 Å². The minimum atomic E-state index is 0.204. The summed E-state index contributed by atoms with van der Waals surface area (Å²) in [5.41, 5.74) is 2.16. The fourth-order valence-electron chi connectivity index (χ4n) is 4.74. The first kappa shape index (κ1) is 20.4. The molecule has 2 heterocycles. The summed E-state index contributed by atoms with van der Waals surface area (Å²) in [6.07, 6.45) is 15.1. The zero-order valence-corrected chi connectivity index (χ0v) is 17.7. The Bertz CT molecular complexity index is 591. The summed E-state index contributed by atoms with van der Waals surface area (Å²) in [6.45, 7) is 10.6. The van der Waals surface area contributed by atoms with Crippen molar-refractivity contribution < 1.29 is 4.79 Å². The Labute approximate surface area is 165 Å². The van der Waals surface area contributed by atoms with Crippen LogP contribution in [0, 0.1) is 11.3 Å². The SMILES string of the molecule is CC(C)C=O.CC(C)c1ncc(C2CCN(C3CC4(CCC4)C3)CC2)cn1. The molecule has 1 spiro atoms. The van der Waals surface area contributed by atoms with Gasteiger partial charge < -0.3 is 9.69 Å². The summed E-state index contributed by atoms with van der Waals surface area (Å²) in [6, 6.07) is 0.904. The minimum absolute atomic E-state index is 0.204. The number of nitrogens with zero attached hydrogens (tertiary/aromatic N) is 3. The highest BCUT2D eigenvalue weighted by Crippen LogP contribution is 2.57. The number of carbonyl (C=O) groups excluding carboxylic acids is 1. The van der Waals surface area contributed by atoms with Crippen LogP contribution in [-0.4, -0.2) is 40.3 Å². The molecule has 4 nitrogen and oxygen atoms in total. The summed E-state index contributed by atoms with van der Waals surface area (Å²) < 4.78 is 0. The Balaban J connectivity index is 0.000000376. The molecular weight excluding hydrogens is 334 g/mol. The molecule has 0 unspecified atom stereocenters. The second kappa shape index (κ2) is 8.81. The number of rotatable bonds is 4. The van der Waals surface area contributed by atoms with Gasteiger partial charge in [0, 0.05) is 30.3 Å². The van der Waals surface area contributed by atoms with Gasteiger partial charge in [-0.25, -0.2) is 9.97 Å². The average molecular weight is 372 g/mol. The second-order valence-electron chi connectivity index (χ2n) is 9.64. The van der Waals surface area contributed by atoms with Gasteiger partial charge in [-0.3, -0.25) is 0 Å². The molecule has 150 valence electrons. The van der Waals surface area contributed by atoms with Crippen LogP contribution in [0.5, 0.6) is 0 Å². The topological polar surface area (TPSA) is 46.1 Å². The first-order chi connectivity index (χ1) is 12.9. The van der Waals surface area contributed by atoms with Crippen LogP contribution in [0.15, 0.2) is 12.4 Å². The van der Waals surface area contributed by atoms with Crippen LogP contribution in [0.1, 0.15) is 95.9 Å². The van der Waals surface area contributed by atoms with Crippen LogP contribution in [0.3, 0.4) is 0 Å². The van der Waals surface area contributed by atoms with E-state index in [1.54, 1.807) is 0 Å². The van der Waals surface area contributed by atoms with Gasteiger partial charge in [-0.1, -0.05) is 34.1 Å². The highest BCUT2D eigenvalue weighted by molar-refractivity contribution is 5.51. The van der Waals surface area contributed by atoms with Crippen LogP contribution >= 0.6 is 0 Å². The third-order valence-electron chi connectivity index (χ3n) is 6.75. The molecule has 1 aromatic heterocycles. The van der Waals surface area contributed by atoms with Crippen molar-refractivity contribution in [2.45, 2.75) is 90.5 Å². The fourth-order valence-corrected chi connectivity index (χ4v) is 4.74. The van der Waals surface area contributed by atoms with Gasteiger partial charge in [0.25, 0.3) is 0 Å². The lowest BCUT2D eigenvalue weighted by molar-refractivity contribution is -0.110. The molecule has 4 heteroatoms. The van der Waals surface area contributed by atoms with E-state index in [4.69, 9.17) is 0 Å². The summed E-state index contributed by atoms with van der Waals surface area (Å²) in [7, 11) is 0. The molecule has 0 radical (unpaired) electrons. The van der Waals surface area contributed by atoms with Gasteiger partial charge in [0.05, 0.1) is 0 Å². The first-order valence-corrected chi connectivity index (χ1v) is 10.9. The maximum absolute atomic E-state index is 9.50. The molecule has 0 N–H and O–H groups in total. The number of hydrogen-bond acceptors (Lipinski definition) is 4. The molecule has 2 saturated carbocycles. The van der Waals surface area contributed by atoms with Crippen LogP contribution in [-0.2, 0) is 4.79 Å². The van der Waals surface area contributed by atoms with Gasteiger partial charge in [0.15, 0.2) is 0 Å². The third kappa shape index (κ3) is 4.96. The maximum Gasteiger partial charge on any atom is 0.130 e. The number of aromatic nitrogens is 2. The summed E-state index contributed by atoms with van der Waals surface area (Å²) in [5, 5.41) is 0. The van der Waals surface area contributed by atoms with E-state index in [-0.39, 0.29) is 5.92 Å². The Morgan fingerprint density at radius 1 is 1.07 bits per heavy atom. The van der Waals surface area contributed by atoms with E-state index in [1.165, 1.54) is 63.6 Å². The number of carbonyl (C=O) groups is 1. The Morgan fingerprint density at radius 2 is 1.63 bits per heavy atom. The average Bonchev–Trinajstić information content (AvgIpc) is 2.60. The summed E-state index contributed by atoms with van der Waals surface area (Å²) >= 11 is 0. The lowest BCUT2D eigenvalue weighted by atomic mass is 9.53. The number of aldehydes is 1. The van der Waals surface area contributed by atoms with E-state index in [1.807, 2.05) is 13.8 Å². The van der Waals surface area contributed by atoms with Crippen molar-refractivity contribution in [2.24, 2.45) is 11.3 Å². The number of piperidine rings is 1. The Kier molecular flexibility index (Phi) is 6.67. The predicted octanol–water partition coefficient (Wildman–Crippen LogP) is 4.95. The zero-order valence-electron chi connectivity index (χ0n) is 17.7. The van der Waals surface area contributed by atoms with Gasteiger partial charge in [0.1, 0.15) is 12.1 Å². The molecule has 1 aromatic rings. The molecule has 0 aromatic carbocycles. The molecule has 1 aliphatic heterocycles. The highest BCUT2D eigenvalue weighted by atomic mass is 16.1. The Hall–Kier alpha value is -1.29. The highest BCUT2D eigenvalue weighted by Gasteiger charge is 2.50. The second-order valence-corrected chi connectivity index (χ2v) is 9.64. The summed E-state index contributed by atoms with van der Waals surface area (Å²) in [4.78, 5) is 21.4. The van der Waals surface area contributed by atoms with Crippen molar-refractivity contribution in [3.63, 3.8) is 0 Å². The molecule has 3 aliphatic rings.